The molecule has 23 heavy (non-hydrogen) atoms. The number of hydrogen-bond acceptors (Lipinski definition) is 3. The summed E-state index contributed by atoms with van der Waals surface area (Å²) < 4.78 is 0. The Kier molecular flexibility index (Phi) is 4.68. The molecule has 2 aromatic rings. The highest BCUT2D eigenvalue weighted by Crippen LogP contribution is 2.34. The number of benzene rings is 1. The fraction of sp³-hybridized carbons (Fsp3) is 0.412. The Morgan fingerprint density at radius 3 is 3.04 bits per heavy atom. The van der Waals surface area contributed by atoms with Crippen molar-refractivity contribution in [3.8, 4) is 0 Å². The number of carbonyl (C=O) groups excluding carboxylic acids is 1. The predicted molar refractivity (Wildman–Crippen MR) is 90.4 cm³/mol. The molecule has 0 spiro atoms. The first kappa shape index (κ1) is 16.0. The van der Waals surface area contributed by atoms with Crippen molar-refractivity contribution >= 4 is 17.5 Å². The molecule has 1 saturated heterocycles. The second-order valence-electron chi connectivity index (χ2n) is 6.16. The second kappa shape index (κ2) is 6.72. The van der Waals surface area contributed by atoms with Crippen LogP contribution in [0.3, 0.4) is 0 Å². The van der Waals surface area contributed by atoms with Gasteiger partial charge in [-0.25, -0.2) is 0 Å². The zero-order valence-corrected chi connectivity index (χ0v) is 14.2. The van der Waals surface area contributed by atoms with Gasteiger partial charge in [0.05, 0.1) is 23.5 Å². The largest absolute Gasteiger partial charge is 0.345 e. The van der Waals surface area contributed by atoms with Gasteiger partial charge in [-0.3, -0.25) is 14.8 Å². The van der Waals surface area contributed by atoms with Gasteiger partial charge < -0.3 is 4.90 Å². The lowest BCUT2D eigenvalue weighted by Crippen LogP contribution is -2.27. The monoisotopic (exact) mass is 332 g/mol. The Morgan fingerprint density at radius 1 is 1.48 bits per heavy atom. The molecule has 3 rings (SSSR count). The van der Waals surface area contributed by atoms with Crippen LogP contribution >= 0.6 is 11.6 Å². The summed E-state index contributed by atoms with van der Waals surface area (Å²) in [7, 11) is 3.52. The minimum Gasteiger partial charge on any atom is -0.345 e. The quantitative estimate of drug-likeness (QED) is 0.936. The molecule has 1 amide bonds. The van der Waals surface area contributed by atoms with E-state index in [0.29, 0.717) is 5.56 Å². The fourth-order valence-corrected chi connectivity index (χ4v) is 3.39. The molecule has 1 N–H and O–H groups in total. The van der Waals surface area contributed by atoms with E-state index in [1.54, 1.807) is 25.2 Å². The number of likely N-dealkylation sites (tertiary alicyclic amines) is 1. The van der Waals surface area contributed by atoms with Crippen molar-refractivity contribution in [3.63, 3.8) is 0 Å². The molecule has 1 aliphatic rings. The average molecular weight is 333 g/mol. The summed E-state index contributed by atoms with van der Waals surface area (Å²) in [5, 5.41) is 7.90. The predicted octanol–water partition coefficient (Wildman–Crippen LogP) is 3.10. The Bertz CT molecular complexity index is 697. The Morgan fingerprint density at radius 2 is 2.30 bits per heavy atom. The van der Waals surface area contributed by atoms with Crippen molar-refractivity contribution in [1.29, 1.82) is 0 Å². The van der Waals surface area contributed by atoms with Gasteiger partial charge in [0.25, 0.3) is 5.91 Å². The smallest absolute Gasteiger partial charge is 0.256 e. The molecule has 1 atom stereocenters. The number of nitrogens with zero attached hydrogens (tertiary/aromatic N) is 3. The van der Waals surface area contributed by atoms with E-state index < -0.39 is 0 Å². The van der Waals surface area contributed by atoms with E-state index in [9.17, 15) is 4.79 Å². The van der Waals surface area contributed by atoms with Crippen molar-refractivity contribution in [2.24, 2.45) is 0 Å². The summed E-state index contributed by atoms with van der Waals surface area (Å²) in [5.74, 6) is -0.0108. The number of amides is 1. The molecule has 1 aliphatic heterocycles. The Balaban J connectivity index is 1.82. The third-order valence-corrected chi connectivity index (χ3v) is 4.51. The molecule has 5 nitrogen and oxygen atoms in total. The molecule has 0 aliphatic carbocycles. The first-order valence-electron chi connectivity index (χ1n) is 7.79. The van der Waals surface area contributed by atoms with Gasteiger partial charge in [-0.15, -0.1) is 0 Å². The van der Waals surface area contributed by atoms with Crippen LogP contribution in [0.15, 0.2) is 30.5 Å². The molecular formula is C17H21ClN4O. The SMILES string of the molecule is CN(C)C(=O)c1cn[nH]c1[C@@H]1CCCN1Cc1cccc(Cl)c1. The van der Waals surface area contributed by atoms with E-state index in [4.69, 9.17) is 11.6 Å². The van der Waals surface area contributed by atoms with E-state index in [0.717, 1.165) is 36.6 Å². The normalized spacial score (nSPS) is 18.3. The van der Waals surface area contributed by atoms with Gasteiger partial charge in [0, 0.05) is 25.7 Å². The lowest BCUT2D eigenvalue weighted by atomic mass is 10.1. The summed E-state index contributed by atoms with van der Waals surface area (Å²) in [5.41, 5.74) is 2.77. The van der Waals surface area contributed by atoms with Crippen LogP contribution in [0.5, 0.6) is 0 Å². The van der Waals surface area contributed by atoms with Crippen LogP contribution < -0.4 is 0 Å². The average Bonchev–Trinajstić information content (AvgIpc) is 3.14. The minimum atomic E-state index is -0.0108. The van der Waals surface area contributed by atoms with Crippen LogP contribution in [0.1, 0.15) is 40.5 Å². The van der Waals surface area contributed by atoms with Gasteiger partial charge >= 0.3 is 0 Å². The highest BCUT2D eigenvalue weighted by Gasteiger charge is 2.31. The number of hydrogen-bond donors (Lipinski definition) is 1. The molecule has 1 aromatic carbocycles. The van der Waals surface area contributed by atoms with Crippen molar-refractivity contribution < 1.29 is 4.79 Å². The second-order valence-corrected chi connectivity index (χ2v) is 6.59. The van der Waals surface area contributed by atoms with Crippen LogP contribution in [0, 0.1) is 0 Å². The number of aromatic amines is 1. The van der Waals surface area contributed by atoms with Crippen molar-refractivity contribution in [1.82, 2.24) is 20.0 Å². The summed E-state index contributed by atoms with van der Waals surface area (Å²) >= 11 is 6.08. The van der Waals surface area contributed by atoms with Crippen LogP contribution in [0.25, 0.3) is 0 Å². The maximum absolute atomic E-state index is 12.3. The maximum atomic E-state index is 12.3. The summed E-state index contributed by atoms with van der Waals surface area (Å²) in [6, 6.07) is 8.13. The molecule has 1 aromatic heterocycles. The first-order valence-corrected chi connectivity index (χ1v) is 8.17. The van der Waals surface area contributed by atoms with Gasteiger partial charge in [-0.2, -0.15) is 5.10 Å². The van der Waals surface area contributed by atoms with Crippen LogP contribution in [-0.2, 0) is 6.54 Å². The van der Waals surface area contributed by atoms with E-state index >= 15 is 0 Å². The van der Waals surface area contributed by atoms with Gasteiger partial charge in [-0.1, -0.05) is 23.7 Å². The van der Waals surface area contributed by atoms with Crippen LogP contribution in [-0.4, -0.2) is 46.5 Å². The molecule has 6 heteroatoms. The topological polar surface area (TPSA) is 52.2 Å². The molecule has 122 valence electrons. The number of halogens is 1. The molecule has 0 unspecified atom stereocenters. The summed E-state index contributed by atoms with van der Waals surface area (Å²) in [6.45, 7) is 1.83. The molecule has 0 saturated carbocycles. The van der Waals surface area contributed by atoms with Gasteiger partial charge in [0.1, 0.15) is 0 Å². The number of aromatic nitrogens is 2. The van der Waals surface area contributed by atoms with Crippen LogP contribution in [0.2, 0.25) is 5.02 Å². The zero-order chi connectivity index (χ0) is 16.4. The third kappa shape index (κ3) is 3.41. The lowest BCUT2D eigenvalue weighted by Gasteiger charge is -2.25. The standard InChI is InChI=1S/C17H21ClN4O/c1-21(2)17(23)14-10-19-20-16(14)15-7-4-8-22(15)11-12-5-3-6-13(18)9-12/h3,5-6,9-10,15H,4,7-8,11H2,1-2H3,(H,19,20)/t15-/m0/s1. The van der Waals surface area contributed by atoms with E-state index in [1.807, 2.05) is 18.2 Å². The first-order chi connectivity index (χ1) is 11.1. The zero-order valence-electron chi connectivity index (χ0n) is 13.4. The van der Waals surface area contributed by atoms with Crippen LogP contribution in [0.4, 0.5) is 0 Å². The molecule has 0 bridgehead atoms. The number of carbonyl (C=O) groups is 1. The molecular weight excluding hydrogens is 312 g/mol. The van der Waals surface area contributed by atoms with E-state index in [2.05, 4.69) is 21.2 Å². The lowest BCUT2D eigenvalue weighted by molar-refractivity contribution is 0.0824. The van der Waals surface area contributed by atoms with Gasteiger partial charge in [0.2, 0.25) is 0 Å². The highest BCUT2D eigenvalue weighted by molar-refractivity contribution is 6.30. The number of rotatable bonds is 4. The molecule has 0 radical (unpaired) electrons. The van der Waals surface area contributed by atoms with Crippen molar-refractivity contribution in [2.75, 3.05) is 20.6 Å². The number of H-pyrrole nitrogens is 1. The Labute approximate surface area is 141 Å². The molecule has 1 fully saturated rings. The van der Waals surface area contributed by atoms with Crippen molar-refractivity contribution in [2.45, 2.75) is 25.4 Å². The molecule has 2 heterocycles. The highest BCUT2D eigenvalue weighted by atomic mass is 35.5. The maximum Gasteiger partial charge on any atom is 0.256 e. The third-order valence-electron chi connectivity index (χ3n) is 4.28. The van der Waals surface area contributed by atoms with Gasteiger partial charge in [0.15, 0.2) is 0 Å². The van der Waals surface area contributed by atoms with E-state index in [-0.39, 0.29) is 11.9 Å². The number of nitrogens with one attached hydrogen (secondary N) is 1. The van der Waals surface area contributed by atoms with E-state index in [1.165, 1.54) is 5.56 Å². The fourth-order valence-electron chi connectivity index (χ4n) is 3.17. The van der Waals surface area contributed by atoms with Gasteiger partial charge in [-0.05, 0) is 37.1 Å². The van der Waals surface area contributed by atoms with Crippen molar-refractivity contribution in [3.05, 3.63) is 52.3 Å². The minimum absolute atomic E-state index is 0.0108. The Hall–Kier alpha value is -1.85. The summed E-state index contributed by atoms with van der Waals surface area (Å²) in [4.78, 5) is 16.3. The summed E-state index contributed by atoms with van der Waals surface area (Å²) in [6.07, 6.45) is 3.77.